The van der Waals surface area contributed by atoms with Crippen LogP contribution >= 0.6 is 0 Å². The Kier molecular flexibility index (Phi) is 4.67. The number of hydrogen-bond donors (Lipinski definition) is 0. The van der Waals surface area contributed by atoms with E-state index in [1.807, 2.05) is 6.07 Å². The maximum atomic E-state index is 5.42. The largest absolute Gasteiger partial charge is 0.361 e. The molecule has 0 N–H and O–H groups in total. The molecule has 2 aromatic rings. The van der Waals surface area contributed by atoms with Gasteiger partial charge in [0.2, 0.25) is 0 Å². The summed E-state index contributed by atoms with van der Waals surface area (Å²) in [6.07, 6.45) is 3.73. The van der Waals surface area contributed by atoms with Gasteiger partial charge in [-0.3, -0.25) is 0 Å². The summed E-state index contributed by atoms with van der Waals surface area (Å²) in [7, 11) is 0. The first-order chi connectivity index (χ1) is 12.0. The molecule has 1 aromatic carbocycles. The first kappa shape index (κ1) is 18.9. The fraction of sp³-hybridized carbons (Fsp3) is 0.542. The second kappa shape index (κ2) is 6.40. The summed E-state index contributed by atoms with van der Waals surface area (Å²) in [5.41, 5.74) is 9.04. The normalized spacial score (nSPS) is 17.4. The predicted molar refractivity (Wildman–Crippen MR) is 110 cm³/mol. The summed E-state index contributed by atoms with van der Waals surface area (Å²) in [5, 5.41) is 3.89. The highest BCUT2D eigenvalue weighted by Crippen LogP contribution is 2.51. The molecule has 0 fully saturated rings. The van der Waals surface area contributed by atoms with Crippen molar-refractivity contribution in [1.82, 2.24) is 5.16 Å². The third-order valence-electron chi connectivity index (χ3n) is 5.92. The maximum absolute atomic E-state index is 5.42. The van der Waals surface area contributed by atoms with Gasteiger partial charge in [-0.1, -0.05) is 64.4 Å². The summed E-state index contributed by atoms with van der Waals surface area (Å²) in [6.45, 7) is 18.6. The predicted octanol–water partition coefficient (Wildman–Crippen LogP) is 6.79. The standard InChI is InChI=1S/C24H33NO/c1-15(2)18(11-17-9-10-25-26-17)20-13-22-21(12-19(20)16(3)4)23(5,6)14-24(22,7)8/h9-10,12-13,16H,11,14H2,1-8H3. The molecule has 0 saturated heterocycles. The molecular formula is C24H33NO. The van der Waals surface area contributed by atoms with Gasteiger partial charge >= 0.3 is 0 Å². The molecule has 0 saturated carbocycles. The van der Waals surface area contributed by atoms with Gasteiger partial charge < -0.3 is 4.52 Å². The van der Waals surface area contributed by atoms with Gasteiger partial charge in [-0.15, -0.1) is 0 Å². The summed E-state index contributed by atoms with van der Waals surface area (Å²) < 4.78 is 5.42. The summed E-state index contributed by atoms with van der Waals surface area (Å²) in [5.74, 6) is 1.41. The van der Waals surface area contributed by atoms with E-state index in [0.717, 1.165) is 12.2 Å². The first-order valence-corrected chi connectivity index (χ1v) is 9.78. The Morgan fingerprint density at radius 2 is 1.69 bits per heavy atom. The molecule has 1 aromatic heterocycles. The Labute approximate surface area is 158 Å². The van der Waals surface area contributed by atoms with E-state index in [9.17, 15) is 0 Å². The topological polar surface area (TPSA) is 26.0 Å². The minimum Gasteiger partial charge on any atom is -0.361 e. The van der Waals surface area contributed by atoms with Crippen LogP contribution in [0.1, 0.15) is 95.7 Å². The number of aromatic nitrogens is 1. The highest BCUT2D eigenvalue weighted by Gasteiger charge is 2.42. The molecule has 0 spiro atoms. The lowest BCUT2D eigenvalue weighted by atomic mass is 9.81. The molecule has 0 bridgehead atoms. The Morgan fingerprint density at radius 3 is 2.19 bits per heavy atom. The molecule has 2 nitrogen and oxygen atoms in total. The van der Waals surface area contributed by atoms with E-state index >= 15 is 0 Å². The minimum atomic E-state index is 0.210. The summed E-state index contributed by atoms with van der Waals surface area (Å²) in [4.78, 5) is 0. The molecular weight excluding hydrogens is 318 g/mol. The Morgan fingerprint density at radius 1 is 1.08 bits per heavy atom. The smallest absolute Gasteiger partial charge is 0.141 e. The van der Waals surface area contributed by atoms with Gasteiger partial charge in [0.05, 0.1) is 6.20 Å². The fourth-order valence-electron chi connectivity index (χ4n) is 4.82. The molecule has 1 heterocycles. The third kappa shape index (κ3) is 3.26. The zero-order valence-corrected chi connectivity index (χ0v) is 17.7. The molecule has 1 aliphatic rings. The molecule has 1 aliphatic carbocycles. The van der Waals surface area contributed by atoms with Gasteiger partial charge in [-0.25, -0.2) is 0 Å². The number of rotatable bonds is 4. The zero-order chi connectivity index (χ0) is 19.3. The van der Waals surface area contributed by atoms with Crippen LogP contribution in [0.2, 0.25) is 0 Å². The first-order valence-electron chi connectivity index (χ1n) is 9.78. The minimum absolute atomic E-state index is 0.210. The lowest BCUT2D eigenvalue weighted by Crippen LogP contribution is -2.18. The van der Waals surface area contributed by atoms with E-state index in [1.54, 1.807) is 6.20 Å². The monoisotopic (exact) mass is 351 g/mol. The van der Waals surface area contributed by atoms with Gasteiger partial charge in [0.15, 0.2) is 0 Å². The average Bonchev–Trinajstić information content (AvgIpc) is 3.08. The van der Waals surface area contributed by atoms with Crippen LogP contribution in [0.25, 0.3) is 5.57 Å². The summed E-state index contributed by atoms with van der Waals surface area (Å²) >= 11 is 0. The number of allylic oxidation sites excluding steroid dienone is 2. The zero-order valence-electron chi connectivity index (χ0n) is 17.7. The van der Waals surface area contributed by atoms with Crippen molar-refractivity contribution in [3.63, 3.8) is 0 Å². The molecule has 0 atom stereocenters. The third-order valence-corrected chi connectivity index (χ3v) is 5.92. The molecule has 26 heavy (non-hydrogen) atoms. The lowest BCUT2D eigenvalue weighted by molar-refractivity contribution is 0.391. The number of nitrogens with zero attached hydrogens (tertiary/aromatic N) is 1. The highest BCUT2D eigenvalue weighted by molar-refractivity contribution is 5.74. The van der Waals surface area contributed by atoms with E-state index < -0.39 is 0 Å². The van der Waals surface area contributed by atoms with Gasteiger partial charge in [0.1, 0.15) is 5.76 Å². The fourth-order valence-corrected chi connectivity index (χ4v) is 4.82. The SMILES string of the molecule is CC(C)=C(Cc1ccno1)c1cc2c(cc1C(C)C)C(C)(C)CC2(C)C. The van der Waals surface area contributed by atoms with Crippen LogP contribution in [0.5, 0.6) is 0 Å². The average molecular weight is 352 g/mol. The van der Waals surface area contributed by atoms with Crippen molar-refractivity contribution in [2.24, 2.45) is 0 Å². The van der Waals surface area contributed by atoms with E-state index in [0.29, 0.717) is 5.92 Å². The summed E-state index contributed by atoms with van der Waals surface area (Å²) in [6, 6.07) is 6.95. The van der Waals surface area contributed by atoms with Gasteiger partial charge in [-0.2, -0.15) is 0 Å². The number of hydrogen-bond acceptors (Lipinski definition) is 2. The van der Waals surface area contributed by atoms with E-state index in [1.165, 1.54) is 39.8 Å². The molecule has 0 amide bonds. The van der Waals surface area contributed by atoms with Crippen molar-refractivity contribution in [2.45, 2.75) is 85.0 Å². The molecule has 2 heteroatoms. The van der Waals surface area contributed by atoms with Crippen LogP contribution in [0, 0.1) is 0 Å². The van der Waals surface area contributed by atoms with Gasteiger partial charge in [-0.05, 0) is 64.8 Å². The van der Waals surface area contributed by atoms with Crippen LogP contribution in [0.3, 0.4) is 0 Å². The molecule has 140 valence electrons. The van der Waals surface area contributed by atoms with Crippen molar-refractivity contribution in [3.05, 3.63) is 58.0 Å². The highest BCUT2D eigenvalue weighted by atomic mass is 16.5. The van der Waals surface area contributed by atoms with Crippen molar-refractivity contribution in [1.29, 1.82) is 0 Å². The van der Waals surface area contributed by atoms with Gasteiger partial charge in [0.25, 0.3) is 0 Å². The Bertz CT molecular complexity index is 831. The number of benzene rings is 1. The van der Waals surface area contributed by atoms with Crippen molar-refractivity contribution >= 4 is 5.57 Å². The Hall–Kier alpha value is -1.83. The van der Waals surface area contributed by atoms with E-state index in [4.69, 9.17) is 4.52 Å². The van der Waals surface area contributed by atoms with Crippen LogP contribution < -0.4 is 0 Å². The molecule has 3 rings (SSSR count). The molecule has 0 radical (unpaired) electrons. The second-order valence-corrected chi connectivity index (χ2v) is 9.72. The lowest BCUT2D eigenvalue weighted by Gasteiger charge is -2.24. The number of fused-ring (bicyclic) bond motifs is 1. The van der Waals surface area contributed by atoms with Crippen LogP contribution in [0.15, 0.2) is 34.5 Å². The van der Waals surface area contributed by atoms with Crippen LogP contribution in [0.4, 0.5) is 0 Å². The van der Waals surface area contributed by atoms with Crippen molar-refractivity contribution in [3.8, 4) is 0 Å². The van der Waals surface area contributed by atoms with Crippen LogP contribution in [-0.2, 0) is 17.3 Å². The molecule has 0 unspecified atom stereocenters. The van der Waals surface area contributed by atoms with Gasteiger partial charge in [0, 0.05) is 12.5 Å². The maximum Gasteiger partial charge on any atom is 0.141 e. The van der Waals surface area contributed by atoms with Crippen molar-refractivity contribution in [2.75, 3.05) is 0 Å². The van der Waals surface area contributed by atoms with Crippen LogP contribution in [-0.4, -0.2) is 5.16 Å². The van der Waals surface area contributed by atoms with E-state index in [2.05, 4.69) is 72.7 Å². The second-order valence-electron chi connectivity index (χ2n) is 9.72. The van der Waals surface area contributed by atoms with E-state index in [-0.39, 0.29) is 10.8 Å². The van der Waals surface area contributed by atoms with Crippen molar-refractivity contribution < 1.29 is 4.52 Å². The molecule has 0 aliphatic heterocycles. The quantitative estimate of drug-likeness (QED) is 0.606. The Balaban J connectivity index is 2.22.